The van der Waals surface area contributed by atoms with Gasteiger partial charge in [0, 0.05) is 52.7 Å². The molecule has 0 spiro atoms. The van der Waals surface area contributed by atoms with Crippen molar-refractivity contribution in [2.24, 2.45) is 10.9 Å². The van der Waals surface area contributed by atoms with Crippen molar-refractivity contribution in [3.8, 4) is 0 Å². The number of nitrogens with one attached hydrogen (secondary N) is 1. The van der Waals surface area contributed by atoms with Gasteiger partial charge in [-0.1, -0.05) is 24.3 Å². The minimum Gasteiger partial charge on any atom is -0.379 e. The summed E-state index contributed by atoms with van der Waals surface area (Å²) in [6.07, 6.45) is 8.29. The van der Waals surface area contributed by atoms with E-state index in [1.807, 2.05) is 26.6 Å². The molecule has 0 bridgehead atoms. The van der Waals surface area contributed by atoms with E-state index in [0.29, 0.717) is 0 Å². The maximum Gasteiger partial charge on any atom is 0.193 e. The van der Waals surface area contributed by atoms with Crippen LogP contribution >= 0.6 is 0 Å². The van der Waals surface area contributed by atoms with Gasteiger partial charge in [0.25, 0.3) is 0 Å². The van der Waals surface area contributed by atoms with Gasteiger partial charge in [0.15, 0.2) is 5.96 Å². The van der Waals surface area contributed by atoms with E-state index >= 15 is 0 Å². The number of nitrogens with zero attached hydrogens (tertiary/aromatic N) is 4. The average Bonchev–Trinajstić information content (AvgIpc) is 3.34. The molecule has 1 aliphatic carbocycles. The number of guanidine groups is 1. The van der Waals surface area contributed by atoms with Gasteiger partial charge in [-0.3, -0.25) is 4.99 Å². The molecule has 0 aliphatic heterocycles. The molecule has 1 aromatic carbocycles. The molecule has 1 N–H and O–H groups in total. The highest BCUT2D eigenvalue weighted by Gasteiger charge is 2.21. The Hall–Kier alpha value is -2.34. The predicted octanol–water partition coefficient (Wildman–Crippen LogP) is 2.37. The van der Waals surface area contributed by atoms with Crippen LogP contribution in [0.5, 0.6) is 0 Å². The highest BCUT2D eigenvalue weighted by atomic mass is 16.5. The highest BCUT2D eigenvalue weighted by molar-refractivity contribution is 5.79. The first-order valence-electron chi connectivity index (χ1n) is 9.27. The molecule has 0 atom stereocenters. The Morgan fingerprint density at radius 2 is 2.23 bits per heavy atom. The van der Waals surface area contributed by atoms with Gasteiger partial charge < -0.3 is 19.5 Å². The first-order valence-corrected chi connectivity index (χ1v) is 9.27. The van der Waals surface area contributed by atoms with E-state index in [1.165, 1.54) is 24.0 Å². The lowest BCUT2D eigenvalue weighted by Gasteiger charge is -2.22. The van der Waals surface area contributed by atoms with Gasteiger partial charge in [0.05, 0.1) is 12.9 Å². The van der Waals surface area contributed by atoms with Crippen LogP contribution in [0.1, 0.15) is 24.0 Å². The van der Waals surface area contributed by atoms with Gasteiger partial charge in [-0.2, -0.15) is 0 Å². The van der Waals surface area contributed by atoms with Crippen molar-refractivity contribution in [2.75, 3.05) is 33.9 Å². The fourth-order valence-electron chi connectivity index (χ4n) is 2.84. The van der Waals surface area contributed by atoms with E-state index in [1.54, 1.807) is 6.20 Å². The van der Waals surface area contributed by atoms with Gasteiger partial charge in [0.1, 0.15) is 0 Å². The van der Waals surface area contributed by atoms with E-state index in [0.717, 1.165) is 44.7 Å². The molecule has 0 radical (unpaired) electrons. The summed E-state index contributed by atoms with van der Waals surface area (Å²) in [5, 5.41) is 3.43. The van der Waals surface area contributed by atoms with Crippen molar-refractivity contribution < 1.29 is 4.74 Å². The van der Waals surface area contributed by atoms with Crippen LogP contribution in [0.4, 0.5) is 0 Å². The molecule has 0 saturated heterocycles. The van der Waals surface area contributed by atoms with Crippen LogP contribution in [0.3, 0.4) is 0 Å². The molecule has 0 unspecified atom stereocenters. The summed E-state index contributed by atoms with van der Waals surface area (Å²) in [6, 6.07) is 8.60. The van der Waals surface area contributed by atoms with Gasteiger partial charge >= 0.3 is 0 Å². The molecule has 6 nitrogen and oxygen atoms in total. The first-order chi connectivity index (χ1) is 12.7. The van der Waals surface area contributed by atoms with Gasteiger partial charge in [-0.05, 0) is 29.9 Å². The molecule has 0 amide bonds. The van der Waals surface area contributed by atoms with Crippen molar-refractivity contribution in [3.63, 3.8) is 0 Å². The lowest BCUT2D eigenvalue weighted by Crippen LogP contribution is -2.40. The largest absolute Gasteiger partial charge is 0.379 e. The summed E-state index contributed by atoms with van der Waals surface area (Å²) in [7, 11) is 3.87. The Morgan fingerprint density at radius 3 is 2.96 bits per heavy atom. The second-order valence-corrected chi connectivity index (χ2v) is 6.90. The fourth-order valence-corrected chi connectivity index (χ4v) is 2.84. The molecular weight excluding hydrogens is 326 g/mol. The van der Waals surface area contributed by atoms with E-state index < -0.39 is 0 Å². The Labute approximate surface area is 155 Å². The average molecular weight is 355 g/mol. The molecular formula is C20H29N5O. The molecule has 3 rings (SSSR count). The van der Waals surface area contributed by atoms with E-state index in [4.69, 9.17) is 4.74 Å². The van der Waals surface area contributed by atoms with Crippen LogP contribution in [-0.4, -0.2) is 54.3 Å². The predicted molar refractivity (Wildman–Crippen MR) is 104 cm³/mol. The standard InChI is InChI=1S/C20H29N5O/c1-21-20(24(2)10-11-26-15-17-6-7-17)23-13-18-4-3-5-19(12-18)14-25-9-8-22-16-25/h3-5,8-9,12,16-17H,6-7,10-11,13-15H2,1-2H3,(H,21,23). The second-order valence-electron chi connectivity index (χ2n) is 6.90. The fraction of sp³-hybridized carbons (Fsp3) is 0.500. The maximum absolute atomic E-state index is 5.72. The van der Waals surface area contributed by atoms with E-state index in [-0.39, 0.29) is 0 Å². The number of likely N-dealkylation sites (N-methyl/N-ethyl adjacent to an activating group) is 1. The Bertz CT molecular complexity index is 694. The quantitative estimate of drug-likeness (QED) is 0.426. The number of rotatable bonds is 9. The highest BCUT2D eigenvalue weighted by Crippen LogP contribution is 2.28. The van der Waals surface area contributed by atoms with Gasteiger partial charge in [-0.15, -0.1) is 0 Å². The number of aromatic nitrogens is 2. The van der Waals surface area contributed by atoms with Crippen LogP contribution in [0, 0.1) is 5.92 Å². The monoisotopic (exact) mass is 355 g/mol. The first kappa shape index (κ1) is 18.5. The number of hydrogen-bond donors (Lipinski definition) is 1. The van der Waals surface area contributed by atoms with E-state index in [2.05, 4.69) is 49.0 Å². The summed E-state index contributed by atoms with van der Waals surface area (Å²) >= 11 is 0. The Kier molecular flexibility index (Phi) is 6.66. The lowest BCUT2D eigenvalue weighted by molar-refractivity contribution is 0.115. The number of ether oxygens (including phenoxy) is 1. The molecule has 1 fully saturated rings. The third-order valence-electron chi connectivity index (χ3n) is 4.56. The number of benzene rings is 1. The third kappa shape index (κ3) is 5.88. The van der Waals surface area contributed by atoms with Crippen molar-refractivity contribution in [3.05, 3.63) is 54.1 Å². The number of imidazole rings is 1. The van der Waals surface area contributed by atoms with Gasteiger partial charge in [0.2, 0.25) is 0 Å². The zero-order valence-electron chi connectivity index (χ0n) is 15.8. The smallest absolute Gasteiger partial charge is 0.193 e. The van der Waals surface area contributed by atoms with Crippen LogP contribution in [-0.2, 0) is 17.8 Å². The molecule has 140 valence electrons. The minimum absolute atomic E-state index is 0.744. The molecule has 1 saturated carbocycles. The van der Waals surface area contributed by atoms with Crippen LogP contribution in [0.25, 0.3) is 0 Å². The van der Waals surface area contributed by atoms with Crippen molar-refractivity contribution in [1.29, 1.82) is 0 Å². The lowest BCUT2D eigenvalue weighted by atomic mass is 10.1. The second kappa shape index (κ2) is 9.38. The zero-order valence-corrected chi connectivity index (χ0v) is 15.8. The Balaban J connectivity index is 1.45. The normalized spacial score (nSPS) is 14.5. The molecule has 6 heteroatoms. The molecule has 1 aliphatic rings. The topological polar surface area (TPSA) is 54.7 Å². The molecule has 1 aromatic heterocycles. The molecule has 26 heavy (non-hydrogen) atoms. The molecule has 2 aromatic rings. The summed E-state index contributed by atoms with van der Waals surface area (Å²) < 4.78 is 7.79. The maximum atomic E-state index is 5.72. The summed E-state index contributed by atoms with van der Waals surface area (Å²) in [6.45, 7) is 4.07. The number of aliphatic imine (C=N–C) groups is 1. The summed E-state index contributed by atoms with van der Waals surface area (Å²) in [5.41, 5.74) is 2.50. The Morgan fingerprint density at radius 1 is 1.38 bits per heavy atom. The van der Waals surface area contributed by atoms with Crippen molar-refractivity contribution in [2.45, 2.75) is 25.9 Å². The van der Waals surface area contributed by atoms with E-state index in [9.17, 15) is 0 Å². The third-order valence-corrected chi connectivity index (χ3v) is 4.56. The zero-order chi connectivity index (χ0) is 18.2. The van der Waals surface area contributed by atoms with Crippen molar-refractivity contribution >= 4 is 5.96 Å². The molecule has 1 heterocycles. The minimum atomic E-state index is 0.744. The summed E-state index contributed by atoms with van der Waals surface area (Å²) in [4.78, 5) is 10.6. The van der Waals surface area contributed by atoms with Crippen LogP contribution in [0.2, 0.25) is 0 Å². The number of hydrogen-bond acceptors (Lipinski definition) is 3. The van der Waals surface area contributed by atoms with Gasteiger partial charge in [-0.25, -0.2) is 4.98 Å². The van der Waals surface area contributed by atoms with Crippen molar-refractivity contribution in [1.82, 2.24) is 19.8 Å². The SMILES string of the molecule is CN=C(NCc1cccc(Cn2ccnc2)c1)N(C)CCOCC1CC1. The summed E-state index contributed by atoms with van der Waals surface area (Å²) in [5.74, 6) is 1.70. The van der Waals surface area contributed by atoms with Crippen LogP contribution < -0.4 is 5.32 Å². The van der Waals surface area contributed by atoms with Crippen LogP contribution in [0.15, 0.2) is 48.0 Å².